The Hall–Kier alpha value is -4.27. The molecule has 5 rings (SSSR count). The molecule has 40 heavy (non-hydrogen) atoms. The molecule has 1 fully saturated rings. The van der Waals surface area contributed by atoms with Gasteiger partial charge in [-0.1, -0.05) is 30.3 Å². The monoisotopic (exact) mass is 545 g/mol. The van der Waals surface area contributed by atoms with Gasteiger partial charge < -0.3 is 19.3 Å². The van der Waals surface area contributed by atoms with Gasteiger partial charge in [-0.3, -0.25) is 14.6 Å². The fourth-order valence-electron chi connectivity index (χ4n) is 5.43. The molecule has 1 aromatic heterocycles. The van der Waals surface area contributed by atoms with Gasteiger partial charge in [-0.25, -0.2) is 9.18 Å². The van der Waals surface area contributed by atoms with Gasteiger partial charge in [0.1, 0.15) is 5.69 Å². The third kappa shape index (κ3) is 4.80. The predicted molar refractivity (Wildman–Crippen MR) is 146 cm³/mol. The summed E-state index contributed by atoms with van der Waals surface area (Å²) >= 11 is 0. The molecule has 0 saturated carbocycles. The van der Waals surface area contributed by atoms with Crippen molar-refractivity contribution in [3.05, 3.63) is 83.4 Å². The molecule has 8 nitrogen and oxygen atoms in total. The number of aromatic nitrogens is 1. The van der Waals surface area contributed by atoms with Crippen molar-refractivity contribution < 1.29 is 28.2 Å². The Kier molecular flexibility index (Phi) is 7.08. The lowest BCUT2D eigenvalue weighted by molar-refractivity contribution is -0.145. The first-order valence-corrected chi connectivity index (χ1v) is 13.4. The van der Waals surface area contributed by atoms with E-state index in [2.05, 4.69) is 4.98 Å². The summed E-state index contributed by atoms with van der Waals surface area (Å²) in [5.41, 5.74) is 0.603. The number of likely N-dealkylation sites (tertiary alicyclic amines) is 1. The average Bonchev–Trinajstić information content (AvgIpc) is 3.50. The van der Waals surface area contributed by atoms with Crippen LogP contribution < -0.4 is 4.74 Å². The number of nitrogens with zero attached hydrogens (tertiary/aromatic N) is 3. The van der Waals surface area contributed by atoms with Crippen LogP contribution in [0.25, 0.3) is 11.1 Å². The highest BCUT2D eigenvalue weighted by Crippen LogP contribution is 2.44. The molecule has 2 aliphatic rings. The molecule has 0 N–H and O–H groups in total. The number of rotatable bonds is 7. The summed E-state index contributed by atoms with van der Waals surface area (Å²) in [6.07, 6.45) is 2.02. The van der Waals surface area contributed by atoms with Crippen LogP contribution in [0.5, 0.6) is 5.75 Å². The smallest absolute Gasteiger partial charge is 0.339 e. The van der Waals surface area contributed by atoms with Crippen molar-refractivity contribution >= 4 is 17.8 Å². The second-order valence-corrected chi connectivity index (χ2v) is 10.6. The second-order valence-electron chi connectivity index (χ2n) is 10.6. The Morgan fingerprint density at radius 1 is 1.10 bits per heavy atom. The molecule has 3 aromatic rings. The molecular formula is C31H32FN3O5. The zero-order valence-electron chi connectivity index (χ0n) is 23.1. The number of amides is 2. The number of benzene rings is 2. The second kappa shape index (κ2) is 10.4. The van der Waals surface area contributed by atoms with E-state index in [4.69, 9.17) is 9.47 Å². The zero-order chi connectivity index (χ0) is 28.7. The van der Waals surface area contributed by atoms with E-state index in [1.807, 2.05) is 26.0 Å². The Labute approximate surface area is 232 Å². The Morgan fingerprint density at radius 3 is 2.50 bits per heavy atom. The number of carbonyl (C=O) groups excluding carboxylic acids is 3. The number of halogens is 1. The van der Waals surface area contributed by atoms with E-state index < -0.39 is 17.0 Å². The van der Waals surface area contributed by atoms with Gasteiger partial charge in [0.2, 0.25) is 0 Å². The van der Waals surface area contributed by atoms with Crippen LogP contribution in [0.2, 0.25) is 0 Å². The van der Waals surface area contributed by atoms with Crippen molar-refractivity contribution in [2.45, 2.75) is 45.3 Å². The van der Waals surface area contributed by atoms with Crippen LogP contribution in [0.15, 0.2) is 60.8 Å². The van der Waals surface area contributed by atoms with E-state index in [-0.39, 0.29) is 30.1 Å². The SMILES string of the molecule is CCN(CC)C(=O)c1ccc(-c2ccc(OC(C)(C)C(=O)N3CC[C@@]4(C3)OC(=O)c3ccccc34)c(F)c2)cn1. The first kappa shape index (κ1) is 27.3. The van der Waals surface area contributed by atoms with E-state index in [0.717, 1.165) is 5.56 Å². The normalized spacial score (nSPS) is 18.0. The van der Waals surface area contributed by atoms with Crippen molar-refractivity contribution in [1.82, 2.24) is 14.8 Å². The maximum absolute atomic E-state index is 15.2. The van der Waals surface area contributed by atoms with E-state index in [0.29, 0.717) is 48.4 Å². The largest absolute Gasteiger partial charge is 0.475 e. The minimum absolute atomic E-state index is 0.0602. The lowest BCUT2D eigenvalue weighted by atomic mass is 9.91. The van der Waals surface area contributed by atoms with E-state index in [1.165, 1.54) is 18.3 Å². The quantitative estimate of drug-likeness (QED) is 0.396. The number of carbonyl (C=O) groups is 3. The van der Waals surface area contributed by atoms with Gasteiger partial charge in [0.25, 0.3) is 11.8 Å². The standard InChI is InChI=1S/C31H32FN3O5/c1-5-34(6-2)27(36)25-13-11-21(18-33-25)20-12-14-26(24(32)17-20)39-30(3,4)29(38)35-16-15-31(19-35)23-10-8-7-9-22(23)28(37)40-31/h7-14,17-18H,5-6,15-16,19H2,1-4H3/t31-/m0/s1. The molecule has 0 bridgehead atoms. The molecule has 0 aliphatic carbocycles. The number of hydrogen-bond acceptors (Lipinski definition) is 6. The Bertz CT molecular complexity index is 1470. The third-order valence-electron chi connectivity index (χ3n) is 7.62. The Morgan fingerprint density at radius 2 is 1.82 bits per heavy atom. The van der Waals surface area contributed by atoms with Crippen molar-refractivity contribution in [3.63, 3.8) is 0 Å². The molecule has 0 radical (unpaired) electrons. The summed E-state index contributed by atoms with van der Waals surface area (Å²) in [6.45, 7) is 8.77. The summed E-state index contributed by atoms with van der Waals surface area (Å²) in [6, 6.07) is 15.1. The maximum atomic E-state index is 15.2. The average molecular weight is 546 g/mol. The van der Waals surface area contributed by atoms with Crippen molar-refractivity contribution in [3.8, 4) is 16.9 Å². The topological polar surface area (TPSA) is 89.0 Å². The van der Waals surface area contributed by atoms with Crippen LogP contribution in [0.4, 0.5) is 4.39 Å². The molecule has 2 amide bonds. The molecule has 2 aliphatic heterocycles. The highest BCUT2D eigenvalue weighted by molar-refractivity contribution is 5.95. The summed E-state index contributed by atoms with van der Waals surface area (Å²) in [5, 5.41) is 0. The van der Waals surface area contributed by atoms with E-state index >= 15 is 4.39 Å². The number of pyridine rings is 1. The highest BCUT2D eigenvalue weighted by Gasteiger charge is 2.52. The molecule has 208 valence electrons. The third-order valence-corrected chi connectivity index (χ3v) is 7.62. The maximum Gasteiger partial charge on any atom is 0.339 e. The first-order chi connectivity index (χ1) is 19.1. The highest BCUT2D eigenvalue weighted by atomic mass is 19.1. The molecule has 9 heteroatoms. The lowest BCUT2D eigenvalue weighted by Crippen LogP contribution is -2.49. The van der Waals surface area contributed by atoms with Crippen molar-refractivity contribution in [2.24, 2.45) is 0 Å². The minimum Gasteiger partial charge on any atom is -0.475 e. The number of fused-ring (bicyclic) bond motifs is 2. The molecule has 3 heterocycles. The van der Waals surface area contributed by atoms with Crippen molar-refractivity contribution in [2.75, 3.05) is 26.2 Å². The van der Waals surface area contributed by atoms with E-state index in [1.54, 1.807) is 54.0 Å². The van der Waals surface area contributed by atoms with Crippen LogP contribution in [0, 0.1) is 5.82 Å². The zero-order valence-corrected chi connectivity index (χ0v) is 23.1. The van der Waals surface area contributed by atoms with Gasteiger partial charge in [0.15, 0.2) is 22.8 Å². The van der Waals surface area contributed by atoms with Crippen LogP contribution in [-0.2, 0) is 15.1 Å². The molecule has 0 unspecified atom stereocenters. The molecule has 2 aromatic carbocycles. The summed E-state index contributed by atoms with van der Waals surface area (Å²) in [5.74, 6) is -1.56. The first-order valence-electron chi connectivity index (χ1n) is 13.4. The summed E-state index contributed by atoms with van der Waals surface area (Å²) < 4.78 is 26.8. The number of esters is 1. The van der Waals surface area contributed by atoms with Crippen LogP contribution in [0.3, 0.4) is 0 Å². The fraction of sp³-hybridized carbons (Fsp3) is 0.355. The van der Waals surface area contributed by atoms with Crippen LogP contribution in [-0.4, -0.2) is 64.3 Å². The van der Waals surface area contributed by atoms with Gasteiger partial charge in [0, 0.05) is 43.4 Å². The molecule has 1 spiro atoms. The van der Waals surface area contributed by atoms with Gasteiger partial charge in [-0.2, -0.15) is 0 Å². The molecule has 1 saturated heterocycles. The Balaban J connectivity index is 1.28. The molecule has 1 atom stereocenters. The minimum atomic E-state index is -1.37. The van der Waals surface area contributed by atoms with E-state index in [9.17, 15) is 14.4 Å². The summed E-state index contributed by atoms with van der Waals surface area (Å²) in [7, 11) is 0. The fourth-order valence-corrected chi connectivity index (χ4v) is 5.43. The van der Waals surface area contributed by atoms with Crippen LogP contribution >= 0.6 is 0 Å². The van der Waals surface area contributed by atoms with Crippen molar-refractivity contribution in [1.29, 1.82) is 0 Å². The van der Waals surface area contributed by atoms with Gasteiger partial charge >= 0.3 is 5.97 Å². The van der Waals surface area contributed by atoms with Gasteiger partial charge in [-0.15, -0.1) is 0 Å². The van der Waals surface area contributed by atoms with Gasteiger partial charge in [-0.05, 0) is 57.5 Å². The molecular weight excluding hydrogens is 513 g/mol. The van der Waals surface area contributed by atoms with Crippen LogP contribution in [0.1, 0.15) is 60.5 Å². The number of hydrogen-bond donors (Lipinski definition) is 0. The van der Waals surface area contributed by atoms with Gasteiger partial charge in [0.05, 0.1) is 12.1 Å². The number of ether oxygens (including phenoxy) is 2. The summed E-state index contributed by atoms with van der Waals surface area (Å²) in [4.78, 5) is 45.9. The predicted octanol–water partition coefficient (Wildman–Crippen LogP) is 4.83. The lowest BCUT2D eigenvalue weighted by Gasteiger charge is -2.31.